The van der Waals surface area contributed by atoms with Crippen molar-refractivity contribution in [2.24, 2.45) is 0 Å². The van der Waals surface area contributed by atoms with E-state index in [0.29, 0.717) is 13.0 Å². The normalized spacial score (nSPS) is 16.4. The molecule has 0 saturated carbocycles. The maximum atomic E-state index is 12.1. The minimum atomic E-state index is 0.196. The van der Waals surface area contributed by atoms with Crippen LogP contribution in [0.2, 0.25) is 0 Å². The van der Waals surface area contributed by atoms with E-state index < -0.39 is 0 Å². The summed E-state index contributed by atoms with van der Waals surface area (Å²) >= 11 is 1.73. The lowest BCUT2D eigenvalue weighted by Gasteiger charge is -2.34. The Morgan fingerprint density at radius 3 is 2.50 bits per heavy atom. The fraction of sp³-hybridized carbons (Fsp3) is 0.533. The average Bonchev–Trinajstić information content (AvgIpc) is 2.49. The number of carbonyl (C=O) groups is 1. The summed E-state index contributed by atoms with van der Waals surface area (Å²) in [5.41, 5.74) is 0. The van der Waals surface area contributed by atoms with Gasteiger partial charge in [0.05, 0.1) is 6.61 Å². The monoisotopic (exact) mass is 294 g/mol. The molecule has 0 bridgehead atoms. The second-order valence-corrected chi connectivity index (χ2v) is 6.03. The highest BCUT2D eigenvalue weighted by molar-refractivity contribution is 7.99. The van der Waals surface area contributed by atoms with Gasteiger partial charge in [-0.2, -0.15) is 0 Å². The Balaban J connectivity index is 1.66. The number of piperazine rings is 1. The first-order valence-corrected chi connectivity index (χ1v) is 8.07. The number of amides is 1. The smallest absolute Gasteiger partial charge is 0.223 e. The molecular formula is C15H22N2O2S. The van der Waals surface area contributed by atoms with Crippen LogP contribution in [-0.2, 0) is 4.79 Å². The molecule has 20 heavy (non-hydrogen) atoms. The lowest BCUT2D eigenvalue weighted by molar-refractivity contribution is -0.132. The number of nitrogens with zero attached hydrogens (tertiary/aromatic N) is 2. The highest BCUT2D eigenvalue weighted by Gasteiger charge is 2.20. The largest absolute Gasteiger partial charge is 0.395 e. The van der Waals surface area contributed by atoms with Crippen molar-refractivity contribution < 1.29 is 9.90 Å². The number of thioether (sulfide) groups is 1. The number of benzene rings is 1. The number of aliphatic hydroxyl groups excluding tert-OH is 1. The van der Waals surface area contributed by atoms with Crippen molar-refractivity contribution >= 4 is 17.7 Å². The average molecular weight is 294 g/mol. The fourth-order valence-electron chi connectivity index (χ4n) is 2.29. The highest BCUT2D eigenvalue weighted by atomic mass is 32.2. The van der Waals surface area contributed by atoms with E-state index in [4.69, 9.17) is 5.11 Å². The predicted octanol–water partition coefficient (Wildman–Crippen LogP) is 1.31. The number of hydrogen-bond acceptors (Lipinski definition) is 4. The van der Waals surface area contributed by atoms with Gasteiger partial charge in [-0.05, 0) is 12.1 Å². The van der Waals surface area contributed by atoms with Gasteiger partial charge in [-0.1, -0.05) is 18.2 Å². The number of β-amino-alcohol motifs (C(OH)–C–C–N with tert-alkyl or cyclic N) is 1. The molecule has 1 aromatic carbocycles. The first-order chi connectivity index (χ1) is 9.79. The van der Waals surface area contributed by atoms with E-state index in [0.717, 1.165) is 31.9 Å². The Labute approximate surface area is 124 Å². The lowest BCUT2D eigenvalue weighted by atomic mass is 10.3. The van der Waals surface area contributed by atoms with Crippen molar-refractivity contribution in [3.05, 3.63) is 30.3 Å². The van der Waals surface area contributed by atoms with Crippen LogP contribution in [0.4, 0.5) is 0 Å². The first-order valence-electron chi connectivity index (χ1n) is 7.08. The molecule has 2 rings (SSSR count). The SMILES string of the molecule is O=C(CCSc1ccccc1)N1CCN(CCO)CC1. The van der Waals surface area contributed by atoms with Gasteiger partial charge in [0, 0.05) is 49.8 Å². The molecule has 1 aliphatic rings. The Morgan fingerprint density at radius 2 is 1.85 bits per heavy atom. The van der Waals surface area contributed by atoms with Gasteiger partial charge in [-0.25, -0.2) is 0 Å². The van der Waals surface area contributed by atoms with Gasteiger partial charge < -0.3 is 10.0 Å². The van der Waals surface area contributed by atoms with Crippen LogP contribution in [0.15, 0.2) is 35.2 Å². The van der Waals surface area contributed by atoms with Gasteiger partial charge in [-0.15, -0.1) is 11.8 Å². The van der Waals surface area contributed by atoms with Crippen LogP contribution in [-0.4, -0.2) is 65.9 Å². The summed E-state index contributed by atoms with van der Waals surface area (Å²) in [6.07, 6.45) is 0.597. The van der Waals surface area contributed by atoms with Crippen LogP contribution in [0.1, 0.15) is 6.42 Å². The van der Waals surface area contributed by atoms with Crippen molar-refractivity contribution in [3.8, 4) is 0 Å². The highest BCUT2D eigenvalue weighted by Crippen LogP contribution is 2.18. The molecule has 1 aromatic rings. The second-order valence-electron chi connectivity index (χ2n) is 4.86. The molecule has 0 aromatic heterocycles. The van der Waals surface area contributed by atoms with Crippen LogP contribution in [0.5, 0.6) is 0 Å². The Hall–Kier alpha value is -1.04. The number of hydrogen-bond donors (Lipinski definition) is 1. The number of aliphatic hydroxyl groups is 1. The van der Waals surface area contributed by atoms with Crippen molar-refractivity contribution in [3.63, 3.8) is 0 Å². The Morgan fingerprint density at radius 1 is 1.15 bits per heavy atom. The van der Waals surface area contributed by atoms with Crippen molar-refractivity contribution in [2.45, 2.75) is 11.3 Å². The standard InChI is InChI=1S/C15H22N2O2S/c18-12-11-16-7-9-17(10-8-16)15(19)6-13-20-14-4-2-1-3-5-14/h1-5,18H,6-13H2. The summed E-state index contributed by atoms with van der Waals surface area (Å²) in [5, 5.41) is 8.89. The van der Waals surface area contributed by atoms with Gasteiger partial charge in [0.25, 0.3) is 0 Å². The van der Waals surface area contributed by atoms with Gasteiger partial charge >= 0.3 is 0 Å². The summed E-state index contributed by atoms with van der Waals surface area (Å²) in [7, 11) is 0. The topological polar surface area (TPSA) is 43.8 Å². The zero-order valence-corrected chi connectivity index (χ0v) is 12.5. The number of rotatable bonds is 6. The van der Waals surface area contributed by atoms with Gasteiger partial charge in [0.2, 0.25) is 5.91 Å². The van der Waals surface area contributed by atoms with Crippen molar-refractivity contribution in [1.29, 1.82) is 0 Å². The van der Waals surface area contributed by atoms with Crippen LogP contribution in [0, 0.1) is 0 Å². The third-order valence-electron chi connectivity index (χ3n) is 3.47. The Bertz CT molecular complexity index is 406. The summed E-state index contributed by atoms with van der Waals surface area (Å²) in [5.74, 6) is 1.08. The van der Waals surface area contributed by atoms with Crippen LogP contribution < -0.4 is 0 Å². The van der Waals surface area contributed by atoms with E-state index in [1.54, 1.807) is 11.8 Å². The molecule has 110 valence electrons. The maximum Gasteiger partial charge on any atom is 0.223 e. The van der Waals surface area contributed by atoms with Gasteiger partial charge in [0.15, 0.2) is 0 Å². The summed E-state index contributed by atoms with van der Waals surface area (Å²) in [6.45, 7) is 4.23. The quantitative estimate of drug-likeness (QED) is 0.803. The molecule has 1 N–H and O–H groups in total. The lowest BCUT2D eigenvalue weighted by Crippen LogP contribution is -2.49. The minimum Gasteiger partial charge on any atom is -0.395 e. The molecule has 1 fully saturated rings. The predicted molar refractivity (Wildman–Crippen MR) is 81.9 cm³/mol. The molecule has 0 unspecified atom stereocenters. The van der Waals surface area contributed by atoms with Crippen LogP contribution in [0.3, 0.4) is 0 Å². The maximum absolute atomic E-state index is 12.1. The summed E-state index contributed by atoms with van der Waals surface area (Å²) in [4.78, 5) is 17.5. The first kappa shape index (κ1) is 15.4. The van der Waals surface area contributed by atoms with Crippen molar-refractivity contribution in [2.75, 3.05) is 45.1 Å². The Kier molecular flexibility index (Phi) is 6.36. The van der Waals surface area contributed by atoms with Crippen molar-refractivity contribution in [1.82, 2.24) is 9.80 Å². The van der Waals surface area contributed by atoms with Gasteiger partial charge in [-0.3, -0.25) is 9.69 Å². The molecule has 0 aliphatic carbocycles. The minimum absolute atomic E-state index is 0.196. The zero-order chi connectivity index (χ0) is 14.2. The van der Waals surface area contributed by atoms with Crippen LogP contribution in [0.25, 0.3) is 0 Å². The molecule has 5 heteroatoms. The van der Waals surface area contributed by atoms with Gasteiger partial charge in [0.1, 0.15) is 0 Å². The molecule has 1 heterocycles. The summed E-state index contributed by atoms with van der Waals surface area (Å²) < 4.78 is 0. The van der Waals surface area contributed by atoms with E-state index in [9.17, 15) is 4.79 Å². The van der Waals surface area contributed by atoms with E-state index in [1.165, 1.54) is 4.90 Å². The summed E-state index contributed by atoms with van der Waals surface area (Å²) in [6, 6.07) is 10.2. The molecular weight excluding hydrogens is 272 g/mol. The third kappa shape index (κ3) is 4.81. The van der Waals surface area contributed by atoms with E-state index in [2.05, 4.69) is 17.0 Å². The fourth-order valence-corrected chi connectivity index (χ4v) is 3.16. The zero-order valence-electron chi connectivity index (χ0n) is 11.7. The van der Waals surface area contributed by atoms with Crippen LogP contribution >= 0.6 is 11.8 Å². The number of carbonyl (C=O) groups excluding carboxylic acids is 1. The molecule has 1 saturated heterocycles. The molecule has 0 atom stereocenters. The molecule has 1 amide bonds. The molecule has 4 nitrogen and oxygen atoms in total. The van der Waals surface area contributed by atoms with E-state index in [1.807, 2.05) is 23.1 Å². The van der Waals surface area contributed by atoms with E-state index >= 15 is 0 Å². The van der Waals surface area contributed by atoms with E-state index in [-0.39, 0.29) is 12.5 Å². The second kappa shape index (κ2) is 8.29. The molecule has 0 spiro atoms. The molecule has 0 radical (unpaired) electrons. The molecule has 1 aliphatic heterocycles. The third-order valence-corrected chi connectivity index (χ3v) is 4.48.